The zero-order valence-electron chi connectivity index (χ0n) is 15.2. The van der Waals surface area contributed by atoms with Gasteiger partial charge in [-0.2, -0.15) is 10.4 Å². The molecule has 2 aliphatic rings. The molecule has 1 saturated carbocycles. The molecule has 0 aromatic carbocycles. The molecule has 144 valence electrons. The number of halogens is 1. The van der Waals surface area contributed by atoms with Crippen molar-refractivity contribution in [1.82, 2.24) is 23.7 Å². The van der Waals surface area contributed by atoms with Crippen molar-refractivity contribution in [3.05, 3.63) is 24.8 Å². The van der Waals surface area contributed by atoms with E-state index in [9.17, 15) is 4.79 Å². The summed E-state index contributed by atoms with van der Waals surface area (Å²) in [4.78, 5) is 22.8. The number of rotatable bonds is 3. The van der Waals surface area contributed by atoms with Crippen molar-refractivity contribution < 1.29 is 4.79 Å². The number of carbonyl (C=O) groups is 1. The van der Waals surface area contributed by atoms with Crippen LogP contribution < -0.4 is 4.90 Å². The first-order valence-corrected chi connectivity index (χ1v) is 12.3. The Bertz CT molecular complexity index is 1060. The molecular formula is C18H18IN7OS. The first-order valence-electron chi connectivity index (χ1n) is 8.99. The van der Waals surface area contributed by atoms with E-state index in [1.165, 1.54) is 34.7 Å². The predicted octanol–water partition coefficient (Wildman–Crippen LogP) is 3.72. The number of amides is 1. The number of hydrogen-bond acceptors (Lipinski definition) is 6. The van der Waals surface area contributed by atoms with E-state index < -0.39 is 5.92 Å². The third kappa shape index (κ3) is 3.60. The van der Waals surface area contributed by atoms with Gasteiger partial charge in [-0.3, -0.25) is 18.3 Å². The molecule has 5 rings (SSSR count). The fourth-order valence-electron chi connectivity index (χ4n) is 3.03. The van der Waals surface area contributed by atoms with Crippen LogP contribution in [0.25, 0.3) is 22.3 Å². The smallest absolute Gasteiger partial charge is 0.245 e. The lowest BCUT2D eigenvalue weighted by Gasteiger charge is -2.15. The minimum atomic E-state index is -0.594. The van der Waals surface area contributed by atoms with Crippen molar-refractivity contribution in [3.63, 3.8) is 0 Å². The molecule has 1 aliphatic carbocycles. The second kappa shape index (κ2) is 8.08. The van der Waals surface area contributed by atoms with Crippen molar-refractivity contribution >= 4 is 53.1 Å². The number of anilines is 1. The maximum absolute atomic E-state index is 12.4. The lowest BCUT2D eigenvalue weighted by Crippen LogP contribution is -2.27. The zero-order chi connectivity index (χ0) is 19.7. The van der Waals surface area contributed by atoms with E-state index in [0.717, 1.165) is 22.3 Å². The van der Waals surface area contributed by atoms with Crippen molar-refractivity contribution in [2.45, 2.75) is 25.7 Å². The van der Waals surface area contributed by atoms with Crippen molar-refractivity contribution in [3.8, 4) is 17.3 Å². The van der Waals surface area contributed by atoms with Gasteiger partial charge in [-0.15, -0.1) is 0 Å². The van der Waals surface area contributed by atoms with Crippen LogP contribution in [-0.2, 0) is 11.8 Å². The molecule has 1 aliphatic heterocycles. The van der Waals surface area contributed by atoms with Crippen LogP contribution in [0.1, 0.15) is 25.7 Å². The average Bonchev–Trinajstić information content (AvgIpc) is 3.34. The molecule has 28 heavy (non-hydrogen) atoms. The number of aryl methyl sites for hydroxylation is 1. The van der Waals surface area contributed by atoms with Gasteiger partial charge in [-0.1, -0.05) is 19.3 Å². The summed E-state index contributed by atoms with van der Waals surface area (Å²) in [5.74, 6) is -0.230. The van der Waals surface area contributed by atoms with Gasteiger partial charge >= 0.3 is 0 Å². The standard InChI is InChI=1S/C15H12IN7OS.C3H6/c1-21-7-10(6-20-21)12-4-11-13(18-8-19-14(11)23(12)25-16)22-3-2-9(5-17)15(22)24;1-2-3-1/h4,6-9H,2-3H2,1H3;1-3H2. The molecule has 1 atom stereocenters. The molecule has 10 heteroatoms. The summed E-state index contributed by atoms with van der Waals surface area (Å²) in [6.45, 7) is 0.494. The maximum Gasteiger partial charge on any atom is 0.245 e. The normalized spacial score (nSPS) is 18.1. The second-order valence-electron chi connectivity index (χ2n) is 6.75. The number of aromatic nitrogens is 5. The summed E-state index contributed by atoms with van der Waals surface area (Å²) in [5.41, 5.74) is 2.63. The third-order valence-electron chi connectivity index (χ3n) is 4.57. The molecule has 0 radical (unpaired) electrons. The van der Waals surface area contributed by atoms with Gasteiger partial charge in [0.05, 0.1) is 23.3 Å². The molecule has 1 amide bonds. The monoisotopic (exact) mass is 507 g/mol. The Labute approximate surface area is 178 Å². The topological polar surface area (TPSA) is 92.6 Å². The lowest BCUT2D eigenvalue weighted by atomic mass is 10.1. The minimum absolute atomic E-state index is 0.194. The van der Waals surface area contributed by atoms with E-state index in [0.29, 0.717) is 18.8 Å². The van der Waals surface area contributed by atoms with Gasteiger partial charge in [-0.05, 0) is 12.5 Å². The number of nitrogens with zero attached hydrogens (tertiary/aromatic N) is 7. The first kappa shape index (κ1) is 19.2. The van der Waals surface area contributed by atoms with Gasteiger partial charge in [0.2, 0.25) is 5.91 Å². The summed E-state index contributed by atoms with van der Waals surface area (Å²) in [7, 11) is 3.36. The Morgan fingerprint density at radius 2 is 2.11 bits per heavy atom. The van der Waals surface area contributed by atoms with Crippen LogP contribution in [-0.4, -0.2) is 36.2 Å². The van der Waals surface area contributed by atoms with E-state index in [-0.39, 0.29) is 5.91 Å². The van der Waals surface area contributed by atoms with Crippen LogP contribution in [0, 0.1) is 17.2 Å². The highest BCUT2D eigenvalue weighted by molar-refractivity contribution is 14.2. The fourth-order valence-corrected chi connectivity index (χ4v) is 4.67. The van der Waals surface area contributed by atoms with Gasteiger partial charge in [0, 0.05) is 55.7 Å². The summed E-state index contributed by atoms with van der Waals surface area (Å²) in [6, 6.07) is 4.03. The SMILES string of the molecule is C1CC1.Cn1cc(-c2cc3c(N4CCC(C#N)C4=O)ncnc3n2SI)cn1. The van der Waals surface area contributed by atoms with Crippen LogP contribution in [0.4, 0.5) is 5.82 Å². The van der Waals surface area contributed by atoms with Crippen LogP contribution in [0.2, 0.25) is 0 Å². The van der Waals surface area contributed by atoms with Crippen molar-refractivity contribution in [1.29, 1.82) is 5.26 Å². The molecule has 0 spiro atoms. The van der Waals surface area contributed by atoms with E-state index in [1.54, 1.807) is 15.8 Å². The summed E-state index contributed by atoms with van der Waals surface area (Å²) >= 11 is 2.20. The highest BCUT2D eigenvalue weighted by Crippen LogP contribution is 2.37. The average molecular weight is 507 g/mol. The number of carbonyl (C=O) groups excluding carboxylic acids is 1. The molecule has 2 fully saturated rings. The fraction of sp³-hybridized carbons (Fsp3) is 0.389. The predicted molar refractivity (Wildman–Crippen MR) is 117 cm³/mol. The Balaban J connectivity index is 0.000000586. The summed E-state index contributed by atoms with van der Waals surface area (Å²) < 4.78 is 3.73. The number of nitriles is 1. The molecule has 3 aromatic heterocycles. The van der Waals surface area contributed by atoms with Gasteiger partial charge in [0.15, 0.2) is 5.65 Å². The first-order chi connectivity index (χ1) is 13.6. The van der Waals surface area contributed by atoms with E-state index in [2.05, 4.69) is 42.3 Å². The Hall–Kier alpha value is -2.13. The van der Waals surface area contributed by atoms with E-state index in [1.807, 2.05) is 23.3 Å². The highest BCUT2D eigenvalue weighted by Gasteiger charge is 2.34. The Morgan fingerprint density at radius 1 is 1.32 bits per heavy atom. The molecule has 0 bridgehead atoms. The minimum Gasteiger partial charge on any atom is -0.295 e. The number of hydrogen-bond donors (Lipinski definition) is 0. The van der Waals surface area contributed by atoms with Crippen LogP contribution >= 0.6 is 30.3 Å². The molecule has 3 aromatic rings. The second-order valence-corrected chi connectivity index (χ2v) is 8.44. The molecule has 0 N–H and O–H groups in total. The van der Waals surface area contributed by atoms with Gasteiger partial charge in [0.1, 0.15) is 18.1 Å². The third-order valence-corrected chi connectivity index (χ3v) is 6.26. The molecule has 8 nitrogen and oxygen atoms in total. The van der Waals surface area contributed by atoms with Crippen LogP contribution in [0.5, 0.6) is 0 Å². The summed E-state index contributed by atoms with van der Waals surface area (Å²) in [5, 5.41) is 14.1. The quantitative estimate of drug-likeness (QED) is 0.502. The molecule has 4 heterocycles. The van der Waals surface area contributed by atoms with E-state index in [4.69, 9.17) is 5.26 Å². The number of fused-ring (bicyclic) bond motifs is 1. The van der Waals surface area contributed by atoms with Gasteiger partial charge in [0.25, 0.3) is 0 Å². The Kier molecular flexibility index (Phi) is 5.54. The lowest BCUT2D eigenvalue weighted by molar-refractivity contribution is -0.119. The van der Waals surface area contributed by atoms with E-state index >= 15 is 0 Å². The van der Waals surface area contributed by atoms with Crippen molar-refractivity contribution in [2.75, 3.05) is 11.4 Å². The van der Waals surface area contributed by atoms with Gasteiger partial charge < -0.3 is 0 Å². The molecule has 1 saturated heterocycles. The van der Waals surface area contributed by atoms with Crippen molar-refractivity contribution in [2.24, 2.45) is 13.0 Å². The zero-order valence-corrected chi connectivity index (χ0v) is 18.2. The largest absolute Gasteiger partial charge is 0.295 e. The van der Waals surface area contributed by atoms with Crippen LogP contribution in [0.3, 0.4) is 0 Å². The highest BCUT2D eigenvalue weighted by atomic mass is 127. The van der Waals surface area contributed by atoms with Crippen LogP contribution in [0.15, 0.2) is 24.8 Å². The van der Waals surface area contributed by atoms with Gasteiger partial charge in [-0.25, -0.2) is 9.97 Å². The summed E-state index contributed by atoms with van der Waals surface area (Å²) in [6.07, 6.45) is 10.2. The maximum atomic E-state index is 12.4. The molecular weight excluding hydrogens is 489 g/mol. The molecule has 1 unspecified atom stereocenters. The Morgan fingerprint density at radius 3 is 2.68 bits per heavy atom.